The predicted octanol–water partition coefficient (Wildman–Crippen LogP) is 5.39. The van der Waals surface area contributed by atoms with Crippen molar-refractivity contribution in [2.24, 2.45) is 0 Å². The first-order valence-electron chi connectivity index (χ1n) is 5.91. The van der Waals surface area contributed by atoms with E-state index < -0.39 is 0 Å². The number of hydrogen-bond acceptors (Lipinski definition) is 1. The van der Waals surface area contributed by atoms with Gasteiger partial charge in [0.2, 0.25) is 0 Å². The Hall–Kier alpha value is -1.17. The van der Waals surface area contributed by atoms with Gasteiger partial charge < -0.3 is 7.43 Å². The van der Waals surface area contributed by atoms with Crippen LogP contribution >= 0.6 is 24.8 Å². The molecular formula is C18H20Cl2CrN. The van der Waals surface area contributed by atoms with Gasteiger partial charge in [0.15, 0.2) is 0 Å². The molecule has 0 unspecified atom stereocenters. The molecule has 1 heterocycles. The van der Waals surface area contributed by atoms with Gasteiger partial charge in [0.25, 0.3) is 0 Å². The fourth-order valence-corrected chi connectivity index (χ4v) is 1.63. The van der Waals surface area contributed by atoms with Crippen LogP contribution in [0.4, 0.5) is 0 Å². The Morgan fingerprint density at radius 1 is 0.955 bits per heavy atom. The van der Waals surface area contributed by atoms with E-state index in [0.29, 0.717) is 0 Å². The molecule has 1 nitrogen and oxygen atoms in total. The van der Waals surface area contributed by atoms with E-state index in [0.717, 1.165) is 12.1 Å². The van der Waals surface area contributed by atoms with Crippen LogP contribution in [-0.2, 0) is 17.4 Å². The molecule has 4 heteroatoms. The van der Waals surface area contributed by atoms with Crippen LogP contribution in [0.2, 0.25) is 0 Å². The zero-order chi connectivity index (χ0) is 12.6. The first kappa shape index (κ1) is 25.8. The topological polar surface area (TPSA) is 12.9 Å². The molecule has 22 heavy (non-hydrogen) atoms. The molecule has 1 aliphatic carbocycles. The summed E-state index contributed by atoms with van der Waals surface area (Å²) in [5, 5.41) is 0. The fourth-order valence-electron chi connectivity index (χ4n) is 1.63. The Bertz CT molecular complexity index is 540. The van der Waals surface area contributed by atoms with Crippen molar-refractivity contribution >= 4 is 30.4 Å². The molecule has 0 spiro atoms. The molecule has 1 aromatic carbocycles. The molecule has 1 radical (unpaired) electrons. The first-order valence-corrected chi connectivity index (χ1v) is 5.91. The van der Waals surface area contributed by atoms with Crippen molar-refractivity contribution in [1.29, 1.82) is 0 Å². The van der Waals surface area contributed by atoms with Gasteiger partial charge >= 0.3 is 17.4 Å². The van der Waals surface area contributed by atoms with Crippen molar-refractivity contribution in [3.8, 4) is 0 Å². The molecule has 0 N–H and O–H groups in total. The van der Waals surface area contributed by atoms with Crippen molar-refractivity contribution in [2.75, 3.05) is 0 Å². The molecule has 0 bridgehead atoms. The van der Waals surface area contributed by atoms with E-state index >= 15 is 0 Å². The molecule has 2 aromatic rings. The van der Waals surface area contributed by atoms with Crippen molar-refractivity contribution in [3.05, 3.63) is 98.6 Å². The van der Waals surface area contributed by atoms with E-state index in [2.05, 4.69) is 54.4 Å². The van der Waals surface area contributed by atoms with Crippen LogP contribution in [0.3, 0.4) is 0 Å². The van der Waals surface area contributed by atoms with Gasteiger partial charge in [0.1, 0.15) is 0 Å². The molecule has 0 saturated heterocycles. The second-order valence-corrected chi connectivity index (χ2v) is 3.90. The zero-order valence-corrected chi connectivity index (χ0v) is 15.3. The third-order valence-corrected chi connectivity index (χ3v) is 2.53. The van der Waals surface area contributed by atoms with Crippen molar-refractivity contribution in [2.45, 2.75) is 6.42 Å². The minimum absolute atomic E-state index is 0. The van der Waals surface area contributed by atoms with Crippen molar-refractivity contribution in [1.82, 2.24) is 4.98 Å². The Balaban J connectivity index is -0.000000296. The Labute approximate surface area is 157 Å². The van der Waals surface area contributed by atoms with Crippen LogP contribution in [0.15, 0.2) is 66.9 Å². The number of nitrogens with zero attached hydrogens (tertiary/aromatic N) is 1. The number of allylic oxidation sites excluding steroid dienone is 4. The standard InChI is InChI=1S/C11H9.C6H6N.CH3.2ClH.Cr/c1-2-6-10(7-3-1)11-8-4-5-9-11;1-6-4-2-3-5-7-6;;;;/h1-3,6-9H,4H2;2-5H,1H2;1H3;2*1H;/q3*-1;;;+3. The van der Waals surface area contributed by atoms with Gasteiger partial charge in [-0.3, -0.25) is 11.1 Å². The Morgan fingerprint density at radius 2 is 1.59 bits per heavy atom. The summed E-state index contributed by atoms with van der Waals surface area (Å²) < 4.78 is 0. The summed E-state index contributed by atoms with van der Waals surface area (Å²) in [5.41, 5.74) is 3.41. The summed E-state index contributed by atoms with van der Waals surface area (Å²) in [5.74, 6) is 0. The van der Waals surface area contributed by atoms with Gasteiger partial charge in [-0.15, -0.1) is 48.6 Å². The molecule has 3 rings (SSSR count). The average Bonchev–Trinajstić information content (AvgIpc) is 2.95. The summed E-state index contributed by atoms with van der Waals surface area (Å²) >= 11 is 0. The van der Waals surface area contributed by atoms with Gasteiger partial charge in [-0.1, -0.05) is 36.4 Å². The SMILES string of the molecule is Cl.Cl.[C-]1=CC(c2ccccc2)=CC1.[CH2-]c1ccccn1.[CH3-].[Cr+3]. The number of halogens is 2. The number of pyridine rings is 1. The minimum atomic E-state index is 0. The maximum absolute atomic E-state index is 3.87. The number of hydrogen-bond donors (Lipinski definition) is 0. The van der Waals surface area contributed by atoms with Crippen LogP contribution < -0.4 is 0 Å². The Kier molecular flexibility index (Phi) is 17.3. The fraction of sp³-hybridized carbons (Fsp3) is 0.0556. The van der Waals surface area contributed by atoms with Crippen LogP contribution in [0, 0.1) is 20.4 Å². The van der Waals surface area contributed by atoms with Crippen LogP contribution in [0.25, 0.3) is 5.57 Å². The molecule has 0 atom stereocenters. The second kappa shape index (κ2) is 14.8. The molecular weight excluding hydrogens is 353 g/mol. The number of rotatable bonds is 1. The van der Waals surface area contributed by atoms with E-state index in [1.807, 2.05) is 24.3 Å². The number of aromatic nitrogens is 1. The zero-order valence-electron chi connectivity index (χ0n) is 12.4. The van der Waals surface area contributed by atoms with Crippen LogP contribution in [0.1, 0.15) is 17.7 Å². The van der Waals surface area contributed by atoms with E-state index in [1.54, 1.807) is 6.20 Å². The van der Waals surface area contributed by atoms with E-state index in [4.69, 9.17) is 0 Å². The largest absolute Gasteiger partial charge is 3.00 e. The van der Waals surface area contributed by atoms with Gasteiger partial charge in [0.05, 0.1) is 0 Å². The van der Waals surface area contributed by atoms with Crippen LogP contribution in [0.5, 0.6) is 0 Å². The monoisotopic (exact) mass is 372 g/mol. The maximum Gasteiger partial charge on any atom is 3.00 e. The summed E-state index contributed by atoms with van der Waals surface area (Å²) in [6.07, 6.45) is 10.1. The number of benzene rings is 1. The molecule has 1 aromatic heterocycles. The second-order valence-electron chi connectivity index (χ2n) is 3.90. The summed E-state index contributed by atoms with van der Waals surface area (Å²) in [7, 11) is 0. The maximum atomic E-state index is 3.87. The minimum Gasteiger partial charge on any atom is -0.358 e. The van der Waals surface area contributed by atoms with Crippen molar-refractivity contribution < 1.29 is 17.4 Å². The third-order valence-electron chi connectivity index (χ3n) is 2.53. The smallest absolute Gasteiger partial charge is 0.358 e. The van der Waals surface area contributed by atoms with Crippen molar-refractivity contribution in [3.63, 3.8) is 0 Å². The average molecular weight is 373 g/mol. The summed E-state index contributed by atoms with van der Waals surface area (Å²) in [6.45, 7) is 3.61. The predicted molar refractivity (Wildman–Crippen MR) is 96.5 cm³/mol. The van der Waals surface area contributed by atoms with E-state index in [1.165, 1.54) is 11.1 Å². The molecule has 0 amide bonds. The normalized spacial score (nSPS) is 10.3. The quantitative estimate of drug-likeness (QED) is 0.611. The Morgan fingerprint density at radius 3 is 2.00 bits per heavy atom. The first-order chi connectivity index (χ1) is 8.86. The van der Waals surface area contributed by atoms with Gasteiger partial charge in [0, 0.05) is 6.20 Å². The van der Waals surface area contributed by atoms with Gasteiger partial charge in [-0.05, 0) is 0 Å². The molecule has 0 fully saturated rings. The van der Waals surface area contributed by atoms with Gasteiger partial charge in [-0.25, -0.2) is 13.0 Å². The van der Waals surface area contributed by atoms with Gasteiger partial charge in [-0.2, -0.15) is 17.7 Å². The summed E-state index contributed by atoms with van der Waals surface area (Å²) in [4.78, 5) is 3.87. The van der Waals surface area contributed by atoms with E-state index in [9.17, 15) is 0 Å². The third kappa shape index (κ3) is 8.97. The summed E-state index contributed by atoms with van der Waals surface area (Å²) in [6, 6.07) is 16.0. The molecule has 117 valence electrons. The molecule has 0 aliphatic heterocycles. The molecule has 1 aliphatic rings. The molecule has 0 saturated carbocycles. The van der Waals surface area contributed by atoms with E-state index in [-0.39, 0.29) is 49.6 Å². The van der Waals surface area contributed by atoms with Crippen LogP contribution in [-0.4, -0.2) is 4.98 Å².